The van der Waals surface area contributed by atoms with E-state index in [1.54, 1.807) is 17.5 Å². The molecule has 0 aliphatic carbocycles. The molecular formula is C21H19F2N3O4S3. The quantitative estimate of drug-likeness (QED) is 0.350. The molecule has 0 bridgehead atoms. The molecule has 3 rings (SSSR count). The summed E-state index contributed by atoms with van der Waals surface area (Å²) in [6.07, 6.45) is 1.76. The second kappa shape index (κ2) is 11.0. The van der Waals surface area contributed by atoms with Gasteiger partial charge >= 0.3 is 5.97 Å². The van der Waals surface area contributed by atoms with E-state index < -0.39 is 23.6 Å². The molecule has 12 heteroatoms. The SMILES string of the molecule is N[C@@H](CCNC(=O)CCN1C(=O)/C(=C/c2cc(-c3ccc(F)c(F)c3)cs2)SC1=S)C(=O)O. The number of hydrogen-bond donors (Lipinski definition) is 3. The fourth-order valence-corrected chi connectivity index (χ4v) is 5.09. The van der Waals surface area contributed by atoms with Gasteiger partial charge in [0.05, 0.1) is 4.91 Å². The summed E-state index contributed by atoms with van der Waals surface area (Å²) in [5.74, 6) is -3.67. The van der Waals surface area contributed by atoms with Crippen LogP contribution in [0.2, 0.25) is 0 Å². The van der Waals surface area contributed by atoms with Crippen molar-refractivity contribution >= 4 is 63.5 Å². The summed E-state index contributed by atoms with van der Waals surface area (Å²) in [7, 11) is 0. The van der Waals surface area contributed by atoms with Crippen molar-refractivity contribution in [3.8, 4) is 11.1 Å². The van der Waals surface area contributed by atoms with Gasteiger partial charge < -0.3 is 16.2 Å². The van der Waals surface area contributed by atoms with Crippen LogP contribution in [0.15, 0.2) is 34.6 Å². The number of carboxylic acids is 1. The minimum Gasteiger partial charge on any atom is -0.480 e. The Morgan fingerprint density at radius 1 is 1.24 bits per heavy atom. The van der Waals surface area contributed by atoms with E-state index >= 15 is 0 Å². The van der Waals surface area contributed by atoms with Gasteiger partial charge in [-0.2, -0.15) is 0 Å². The monoisotopic (exact) mass is 511 g/mol. The first-order valence-electron chi connectivity index (χ1n) is 9.70. The molecule has 174 valence electrons. The zero-order valence-electron chi connectivity index (χ0n) is 17.0. The van der Waals surface area contributed by atoms with Crippen molar-refractivity contribution in [1.82, 2.24) is 10.2 Å². The molecule has 0 spiro atoms. The lowest BCUT2D eigenvalue weighted by molar-refractivity contribution is -0.138. The summed E-state index contributed by atoms with van der Waals surface area (Å²) in [6, 6.07) is 4.36. The van der Waals surface area contributed by atoms with Crippen LogP contribution in [0.1, 0.15) is 17.7 Å². The van der Waals surface area contributed by atoms with Gasteiger partial charge in [0.15, 0.2) is 11.6 Å². The molecule has 2 amide bonds. The summed E-state index contributed by atoms with van der Waals surface area (Å²) >= 11 is 7.72. The van der Waals surface area contributed by atoms with Crippen molar-refractivity contribution in [2.75, 3.05) is 13.1 Å². The van der Waals surface area contributed by atoms with Crippen molar-refractivity contribution in [3.05, 3.63) is 51.1 Å². The highest BCUT2D eigenvalue weighted by atomic mass is 32.2. The van der Waals surface area contributed by atoms with E-state index in [1.165, 1.54) is 22.3 Å². The summed E-state index contributed by atoms with van der Waals surface area (Å²) < 4.78 is 27.0. The van der Waals surface area contributed by atoms with E-state index in [2.05, 4.69) is 5.32 Å². The number of nitrogens with one attached hydrogen (secondary N) is 1. The largest absolute Gasteiger partial charge is 0.480 e. The van der Waals surface area contributed by atoms with Crippen LogP contribution < -0.4 is 11.1 Å². The Morgan fingerprint density at radius 3 is 2.70 bits per heavy atom. The second-order valence-electron chi connectivity index (χ2n) is 7.03. The van der Waals surface area contributed by atoms with Gasteiger partial charge in [-0.05, 0) is 47.2 Å². The Balaban J connectivity index is 1.57. The molecule has 1 saturated heterocycles. The molecule has 2 heterocycles. The number of carboxylic acid groups (broad SMARTS) is 1. The van der Waals surface area contributed by atoms with E-state index in [0.717, 1.165) is 28.8 Å². The fraction of sp³-hybridized carbons (Fsp3) is 0.238. The molecule has 4 N–H and O–H groups in total. The van der Waals surface area contributed by atoms with Gasteiger partial charge in [0.2, 0.25) is 5.91 Å². The Bertz CT molecular complexity index is 1140. The molecule has 1 atom stereocenters. The number of halogens is 2. The van der Waals surface area contributed by atoms with Crippen LogP contribution >= 0.6 is 35.3 Å². The number of amides is 2. The third-order valence-corrected chi connectivity index (χ3v) is 6.93. The number of thiocarbonyl (C=S) groups is 1. The average Bonchev–Trinajstić information content (AvgIpc) is 3.33. The van der Waals surface area contributed by atoms with Crippen LogP contribution in [0.25, 0.3) is 17.2 Å². The molecule has 0 radical (unpaired) electrons. The third kappa shape index (κ3) is 6.44. The van der Waals surface area contributed by atoms with Gasteiger partial charge in [0.25, 0.3) is 5.91 Å². The number of thioether (sulfide) groups is 1. The maximum atomic E-state index is 13.5. The van der Waals surface area contributed by atoms with E-state index in [4.69, 9.17) is 23.1 Å². The lowest BCUT2D eigenvalue weighted by Crippen LogP contribution is -2.37. The third-order valence-electron chi connectivity index (χ3n) is 4.68. The summed E-state index contributed by atoms with van der Waals surface area (Å²) in [6.45, 7) is 0.201. The van der Waals surface area contributed by atoms with Crippen LogP contribution in [0.3, 0.4) is 0 Å². The highest BCUT2D eigenvalue weighted by Gasteiger charge is 2.32. The lowest BCUT2D eigenvalue weighted by atomic mass is 10.1. The maximum absolute atomic E-state index is 13.5. The predicted molar refractivity (Wildman–Crippen MR) is 127 cm³/mol. The molecule has 33 heavy (non-hydrogen) atoms. The zero-order valence-corrected chi connectivity index (χ0v) is 19.5. The summed E-state index contributed by atoms with van der Waals surface area (Å²) in [4.78, 5) is 37.8. The number of carbonyl (C=O) groups is 3. The molecule has 1 aromatic heterocycles. The van der Waals surface area contributed by atoms with Crippen molar-refractivity contribution in [2.24, 2.45) is 5.73 Å². The molecule has 0 saturated carbocycles. The number of nitrogens with zero attached hydrogens (tertiary/aromatic N) is 1. The normalized spacial score (nSPS) is 15.8. The molecule has 1 fully saturated rings. The molecule has 1 aliphatic heterocycles. The number of benzene rings is 1. The Hall–Kier alpha value is -2.67. The van der Waals surface area contributed by atoms with Crippen LogP contribution in [0.5, 0.6) is 0 Å². The zero-order chi connectivity index (χ0) is 24.1. The molecule has 2 aromatic rings. The number of rotatable bonds is 9. The summed E-state index contributed by atoms with van der Waals surface area (Å²) in [5.41, 5.74) is 6.59. The number of aliphatic carboxylic acids is 1. The van der Waals surface area contributed by atoms with Crippen molar-refractivity contribution in [1.29, 1.82) is 0 Å². The minimum atomic E-state index is -1.14. The Kier molecular flexibility index (Phi) is 8.30. The van der Waals surface area contributed by atoms with Crippen LogP contribution in [-0.4, -0.2) is 51.2 Å². The van der Waals surface area contributed by atoms with E-state index in [1.807, 2.05) is 0 Å². The molecular weight excluding hydrogens is 492 g/mol. The molecule has 7 nitrogen and oxygen atoms in total. The van der Waals surface area contributed by atoms with Gasteiger partial charge in [0.1, 0.15) is 10.4 Å². The Labute approximate surface area is 201 Å². The Morgan fingerprint density at radius 2 is 2.00 bits per heavy atom. The van der Waals surface area contributed by atoms with Gasteiger partial charge in [-0.1, -0.05) is 30.0 Å². The summed E-state index contributed by atoms with van der Waals surface area (Å²) in [5, 5.41) is 13.1. The van der Waals surface area contributed by atoms with Crippen molar-refractivity contribution in [3.63, 3.8) is 0 Å². The number of thiophene rings is 1. The maximum Gasteiger partial charge on any atom is 0.320 e. The van der Waals surface area contributed by atoms with Gasteiger partial charge in [-0.15, -0.1) is 11.3 Å². The molecule has 1 aromatic carbocycles. The van der Waals surface area contributed by atoms with E-state index in [-0.39, 0.29) is 37.7 Å². The standard InChI is InChI=1S/C21H19F2N3O4S3/c22-14-2-1-11(8-15(14)23)12-7-13(32-10-12)9-17-19(28)26(21(31)33-17)6-4-18(27)25-5-3-16(24)20(29)30/h1-2,7-10,16H,3-6,24H2,(H,25,27)(H,29,30)/b17-9-/t16-/m0/s1. The number of carbonyl (C=O) groups excluding carboxylic acids is 2. The fourth-order valence-electron chi connectivity index (χ4n) is 2.87. The average molecular weight is 512 g/mol. The number of hydrogen-bond acceptors (Lipinski definition) is 7. The van der Waals surface area contributed by atoms with E-state index in [9.17, 15) is 23.2 Å². The number of nitrogens with two attached hydrogens (primary N) is 1. The smallest absolute Gasteiger partial charge is 0.320 e. The first-order valence-corrected chi connectivity index (χ1v) is 11.8. The first kappa shape index (κ1) is 25.0. The van der Waals surface area contributed by atoms with Gasteiger partial charge in [-0.3, -0.25) is 19.3 Å². The topological polar surface area (TPSA) is 113 Å². The second-order valence-corrected chi connectivity index (χ2v) is 9.65. The van der Waals surface area contributed by atoms with Gasteiger partial charge in [-0.25, -0.2) is 8.78 Å². The van der Waals surface area contributed by atoms with Crippen molar-refractivity contribution < 1.29 is 28.3 Å². The van der Waals surface area contributed by atoms with Gasteiger partial charge in [0, 0.05) is 24.4 Å². The van der Waals surface area contributed by atoms with Crippen LogP contribution in [0.4, 0.5) is 8.78 Å². The predicted octanol–water partition coefficient (Wildman–Crippen LogP) is 3.20. The van der Waals surface area contributed by atoms with Crippen molar-refractivity contribution in [2.45, 2.75) is 18.9 Å². The van der Waals surface area contributed by atoms with Crippen LogP contribution in [-0.2, 0) is 14.4 Å². The highest BCUT2D eigenvalue weighted by Crippen LogP contribution is 2.35. The minimum absolute atomic E-state index is 0.00130. The first-order chi connectivity index (χ1) is 15.7. The molecule has 1 aliphatic rings. The van der Waals surface area contributed by atoms with E-state index in [0.29, 0.717) is 20.4 Å². The van der Waals surface area contributed by atoms with Crippen LogP contribution in [0, 0.1) is 11.6 Å². The lowest BCUT2D eigenvalue weighted by Gasteiger charge is -2.14. The molecule has 0 unspecified atom stereocenters. The highest BCUT2D eigenvalue weighted by molar-refractivity contribution is 8.26.